The first-order valence-electron chi connectivity index (χ1n) is 11.4. The van der Waals surface area contributed by atoms with Gasteiger partial charge in [0, 0.05) is 23.9 Å². The summed E-state index contributed by atoms with van der Waals surface area (Å²) in [7, 11) is -1.00. The van der Waals surface area contributed by atoms with Crippen LogP contribution in [0.3, 0.4) is 0 Å². The van der Waals surface area contributed by atoms with Crippen LogP contribution in [0, 0.1) is 11.8 Å². The van der Waals surface area contributed by atoms with Crippen molar-refractivity contribution in [1.82, 2.24) is 4.98 Å². The molecule has 2 unspecified atom stereocenters. The van der Waals surface area contributed by atoms with E-state index in [1.54, 1.807) is 0 Å². The molecule has 164 valence electrons. The standard InChI is InChI=1S/C24H28ClN3O2S/c25-19-4-2-15(3-5-19)21-17-10-18(21)13-28(12-17)20-11-16-6-9-31(30)22(16)23(26-20)27-24(14-29)7-1-8-24/h2-5,11,17-18,21,29H,1,6-10,12-14H2,(H,26,27)/t17?,18?,21?,31-/m0/s1. The molecule has 2 aromatic rings. The first kappa shape index (κ1) is 20.0. The second-order valence-electron chi connectivity index (χ2n) is 9.77. The molecule has 7 heteroatoms. The summed E-state index contributed by atoms with van der Waals surface area (Å²) in [6, 6.07) is 10.5. The minimum absolute atomic E-state index is 0.0942. The SMILES string of the molecule is O=[S@]1CCc2cc(N3CC4CC(C3)C4c3ccc(Cl)cc3)nc(NC3(CO)CCC3)c21. The zero-order valence-corrected chi connectivity index (χ0v) is 19.1. The second kappa shape index (κ2) is 7.46. The molecular weight excluding hydrogens is 430 g/mol. The molecule has 0 radical (unpaired) electrons. The minimum Gasteiger partial charge on any atom is -0.394 e. The van der Waals surface area contributed by atoms with Crippen LogP contribution in [0.4, 0.5) is 11.6 Å². The van der Waals surface area contributed by atoms with Crippen LogP contribution in [-0.4, -0.2) is 45.3 Å². The number of halogens is 1. The first-order chi connectivity index (χ1) is 15.0. The largest absolute Gasteiger partial charge is 0.394 e. The summed E-state index contributed by atoms with van der Waals surface area (Å²) in [6.07, 6.45) is 5.10. The molecule has 4 fully saturated rings. The fraction of sp³-hybridized carbons (Fsp3) is 0.542. The lowest BCUT2D eigenvalue weighted by Gasteiger charge is -2.54. The van der Waals surface area contributed by atoms with Crippen LogP contribution in [0.15, 0.2) is 35.2 Å². The molecule has 7 rings (SSSR count). The lowest BCUT2D eigenvalue weighted by atomic mass is 9.59. The number of aromatic nitrogens is 1. The van der Waals surface area contributed by atoms with Gasteiger partial charge in [0.2, 0.25) is 0 Å². The summed E-state index contributed by atoms with van der Waals surface area (Å²) >= 11 is 6.08. The Morgan fingerprint density at radius 3 is 2.61 bits per heavy atom. The maximum atomic E-state index is 12.7. The van der Waals surface area contributed by atoms with Crippen LogP contribution in [0.5, 0.6) is 0 Å². The summed E-state index contributed by atoms with van der Waals surface area (Å²) in [6.45, 7) is 2.10. The molecule has 5 aliphatic rings. The van der Waals surface area contributed by atoms with Crippen molar-refractivity contribution in [3.8, 4) is 0 Å². The zero-order valence-electron chi connectivity index (χ0n) is 17.5. The number of benzene rings is 1. The summed E-state index contributed by atoms with van der Waals surface area (Å²) in [4.78, 5) is 8.28. The molecule has 2 saturated carbocycles. The monoisotopic (exact) mass is 457 g/mol. The fourth-order valence-corrected chi connectivity index (χ4v) is 7.55. The zero-order chi connectivity index (χ0) is 21.2. The van der Waals surface area contributed by atoms with E-state index in [0.717, 1.165) is 65.9 Å². The van der Waals surface area contributed by atoms with Crippen LogP contribution in [0.2, 0.25) is 5.02 Å². The maximum absolute atomic E-state index is 12.7. The molecule has 31 heavy (non-hydrogen) atoms. The van der Waals surface area contributed by atoms with Crippen molar-refractivity contribution >= 4 is 34.0 Å². The molecule has 2 N–H and O–H groups in total. The number of hydrogen-bond donors (Lipinski definition) is 2. The Labute approximate surface area is 190 Å². The first-order valence-corrected chi connectivity index (χ1v) is 13.1. The number of hydrogen-bond acceptors (Lipinski definition) is 5. The average molecular weight is 458 g/mol. The van der Waals surface area contributed by atoms with Crippen molar-refractivity contribution in [2.75, 3.05) is 35.7 Å². The number of rotatable bonds is 5. The van der Waals surface area contributed by atoms with Gasteiger partial charge in [-0.1, -0.05) is 23.7 Å². The van der Waals surface area contributed by atoms with E-state index in [9.17, 15) is 9.32 Å². The fourth-order valence-electron chi connectivity index (χ4n) is 6.04. The van der Waals surface area contributed by atoms with Crippen LogP contribution >= 0.6 is 11.6 Å². The third-order valence-electron chi connectivity index (χ3n) is 7.93. The summed E-state index contributed by atoms with van der Waals surface area (Å²) in [5.41, 5.74) is 2.27. The van der Waals surface area contributed by atoms with E-state index in [1.807, 2.05) is 12.1 Å². The minimum atomic E-state index is -1.00. The Kier molecular flexibility index (Phi) is 4.82. The lowest BCUT2D eigenvalue weighted by molar-refractivity contribution is 0.111. The summed E-state index contributed by atoms with van der Waals surface area (Å²) in [5.74, 6) is 4.29. The molecule has 0 spiro atoms. The van der Waals surface area contributed by atoms with E-state index in [2.05, 4.69) is 28.4 Å². The van der Waals surface area contributed by atoms with Crippen molar-refractivity contribution in [3.63, 3.8) is 0 Å². The molecule has 3 atom stereocenters. The van der Waals surface area contributed by atoms with Crippen molar-refractivity contribution in [2.45, 2.75) is 48.5 Å². The molecule has 0 amide bonds. The third kappa shape index (κ3) is 3.30. The highest BCUT2D eigenvalue weighted by Gasteiger charge is 2.48. The van der Waals surface area contributed by atoms with E-state index in [-0.39, 0.29) is 12.1 Å². The van der Waals surface area contributed by atoms with Crippen molar-refractivity contribution < 1.29 is 9.32 Å². The molecule has 3 aliphatic heterocycles. The Hall–Kier alpha value is -1.63. The Morgan fingerprint density at radius 2 is 1.97 bits per heavy atom. The Balaban J connectivity index is 1.27. The number of fused-ring (bicyclic) bond motifs is 3. The molecular formula is C24H28ClN3O2S. The van der Waals surface area contributed by atoms with Gasteiger partial charge in [0.25, 0.3) is 0 Å². The molecule has 1 aromatic heterocycles. The number of pyridine rings is 1. The Morgan fingerprint density at radius 1 is 1.23 bits per heavy atom. The van der Waals surface area contributed by atoms with Gasteiger partial charge in [0.15, 0.2) is 0 Å². The van der Waals surface area contributed by atoms with Gasteiger partial charge >= 0.3 is 0 Å². The van der Waals surface area contributed by atoms with Gasteiger partial charge in [-0.05, 0) is 79.2 Å². The van der Waals surface area contributed by atoms with Gasteiger partial charge in [-0.15, -0.1) is 0 Å². The van der Waals surface area contributed by atoms with Gasteiger partial charge in [-0.3, -0.25) is 4.21 Å². The van der Waals surface area contributed by atoms with Crippen LogP contribution < -0.4 is 10.2 Å². The summed E-state index contributed by atoms with van der Waals surface area (Å²) < 4.78 is 12.7. The quantitative estimate of drug-likeness (QED) is 0.711. The van der Waals surface area contributed by atoms with E-state index < -0.39 is 10.8 Å². The topological polar surface area (TPSA) is 65.5 Å². The maximum Gasteiger partial charge on any atom is 0.145 e. The predicted molar refractivity (Wildman–Crippen MR) is 125 cm³/mol. The highest BCUT2D eigenvalue weighted by atomic mass is 35.5. The predicted octanol–water partition coefficient (Wildman–Crippen LogP) is 3.97. The Bertz CT molecular complexity index is 1020. The number of aryl methyl sites for hydroxylation is 1. The molecule has 2 bridgehead atoms. The van der Waals surface area contributed by atoms with Crippen LogP contribution in [0.25, 0.3) is 0 Å². The van der Waals surface area contributed by atoms with Crippen molar-refractivity contribution in [2.24, 2.45) is 11.8 Å². The van der Waals surface area contributed by atoms with Gasteiger partial charge in [-0.2, -0.15) is 0 Å². The number of anilines is 2. The number of nitrogens with one attached hydrogen (secondary N) is 1. The third-order valence-corrected chi connectivity index (χ3v) is 9.67. The molecule has 2 saturated heterocycles. The average Bonchev–Trinajstić information content (AvgIpc) is 3.13. The number of aliphatic hydroxyl groups is 1. The van der Waals surface area contributed by atoms with Gasteiger partial charge in [-0.25, -0.2) is 4.98 Å². The van der Waals surface area contributed by atoms with E-state index in [1.165, 1.54) is 12.0 Å². The smallest absolute Gasteiger partial charge is 0.145 e. The van der Waals surface area contributed by atoms with Gasteiger partial charge in [0.05, 0.1) is 27.8 Å². The highest BCUT2D eigenvalue weighted by Crippen LogP contribution is 2.52. The number of piperidine rings is 2. The van der Waals surface area contributed by atoms with Crippen LogP contribution in [-0.2, 0) is 17.2 Å². The van der Waals surface area contributed by atoms with Crippen LogP contribution in [0.1, 0.15) is 42.7 Å². The normalized spacial score (nSPS) is 30.3. The van der Waals surface area contributed by atoms with E-state index >= 15 is 0 Å². The van der Waals surface area contributed by atoms with E-state index in [0.29, 0.717) is 23.5 Å². The van der Waals surface area contributed by atoms with Gasteiger partial charge in [0.1, 0.15) is 11.6 Å². The number of nitrogens with zero attached hydrogens (tertiary/aromatic N) is 2. The highest BCUT2D eigenvalue weighted by molar-refractivity contribution is 7.85. The molecule has 2 aliphatic carbocycles. The van der Waals surface area contributed by atoms with Crippen molar-refractivity contribution in [1.29, 1.82) is 0 Å². The van der Waals surface area contributed by atoms with Crippen molar-refractivity contribution in [3.05, 3.63) is 46.5 Å². The van der Waals surface area contributed by atoms with Gasteiger partial charge < -0.3 is 15.3 Å². The molecule has 1 aromatic carbocycles. The lowest BCUT2D eigenvalue weighted by Crippen LogP contribution is -2.54. The van der Waals surface area contributed by atoms with E-state index in [4.69, 9.17) is 16.6 Å². The summed E-state index contributed by atoms with van der Waals surface area (Å²) in [5, 5.41) is 14.3. The molecule has 4 heterocycles. The molecule has 5 nitrogen and oxygen atoms in total. The second-order valence-corrected chi connectivity index (χ2v) is 11.7. The number of aliphatic hydroxyl groups excluding tert-OH is 1.